The Morgan fingerprint density at radius 2 is 1.70 bits per heavy atom. The molecule has 2 aromatic carbocycles. The van der Waals surface area contributed by atoms with Gasteiger partial charge in [0.1, 0.15) is 11.5 Å². The summed E-state index contributed by atoms with van der Waals surface area (Å²) in [4.78, 5) is 5.14. The number of aromatic nitrogens is 1. The lowest BCUT2D eigenvalue weighted by Crippen LogP contribution is -2.25. The molecule has 4 rings (SSSR count). The Bertz CT molecular complexity index is 1040. The van der Waals surface area contributed by atoms with Crippen molar-refractivity contribution in [2.24, 2.45) is 0 Å². The van der Waals surface area contributed by atoms with E-state index in [1.807, 2.05) is 30.3 Å². The highest BCUT2D eigenvalue weighted by Gasteiger charge is 2.32. The minimum atomic E-state index is -4.54. The van der Waals surface area contributed by atoms with Crippen LogP contribution in [0.3, 0.4) is 0 Å². The second kappa shape index (κ2) is 6.95. The zero-order valence-electron chi connectivity index (χ0n) is 14.3. The lowest BCUT2D eigenvalue weighted by molar-refractivity contribution is 0.480. The lowest BCUT2D eigenvalue weighted by atomic mass is 10.3. The van der Waals surface area contributed by atoms with Crippen molar-refractivity contribution in [2.75, 3.05) is 4.31 Å². The number of rotatable bonds is 6. The smallest absolute Gasteiger partial charge is 0.366 e. The van der Waals surface area contributed by atoms with Gasteiger partial charge >= 0.3 is 10.3 Å². The summed E-state index contributed by atoms with van der Waals surface area (Å²) in [6.45, 7) is 3.95. The Kier molecular flexibility index (Phi) is 4.63. The molecule has 1 heterocycles. The summed E-state index contributed by atoms with van der Waals surface area (Å²) in [5.74, 6) is 1.57. The number of nitrogens with zero attached hydrogens (tertiary/aromatic N) is 2. The molecule has 0 spiro atoms. The number of hydrogen-bond donors (Lipinski definition) is 1. The standard InChI is InChI=1S/C19H17N2O4S2/c1-13-18(14-7-8-14)20-19(26-13)21(27(22,23)24)15-9-11-17(12-10-15)25-16-5-3-2-4-6-16/h2-6,9-12,14H,1,7-8H2,(H,22,23,24). The molecule has 1 fully saturated rings. The molecule has 1 radical (unpaired) electrons. The molecule has 1 aliphatic rings. The van der Waals surface area contributed by atoms with Gasteiger partial charge in [-0.25, -0.2) is 4.98 Å². The molecule has 1 aromatic heterocycles. The molecule has 1 saturated carbocycles. The summed E-state index contributed by atoms with van der Waals surface area (Å²) in [5.41, 5.74) is 1.08. The van der Waals surface area contributed by atoms with Crippen LogP contribution in [0.1, 0.15) is 29.3 Å². The molecular formula is C19H17N2O4S2. The molecule has 0 atom stereocenters. The maximum absolute atomic E-state index is 12.0. The predicted octanol–water partition coefficient (Wildman–Crippen LogP) is 4.94. The number of thiazole rings is 1. The van der Waals surface area contributed by atoms with E-state index in [1.165, 1.54) is 0 Å². The SMILES string of the molecule is [CH2]c1sc(N(c2ccc(Oc3ccccc3)cc2)S(=O)(=O)O)nc1C1CC1. The Labute approximate surface area is 161 Å². The van der Waals surface area contributed by atoms with Gasteiger partial charge in [0, 0.05) is 10.8 Å². The molecule has 0 bridgehead atoms. The zero-order valence-corrected chi connectivity index (χ0v) is 15.9. The highest BCUT2D eigenvalue weighted by molar-refractivity contribution is 7.87. The molecule has 1 aliphatic carbocycles. The van der Waals surface area contributed by atoms with Crippen LogP contribution in [-0.4, -0.2) is 18.0 Å². The second-order valence-corrected chi connectivity index (χ2v) is 8.55. The minimum Gasteiger partial charge on any atom is -0.457 e. The van der Waals surface area contributed by atoms with Gasteiger partial charge in [0.15, 0.2) is 0 Å². The number of hydrogen-bond acceptors (Lipinski definition) is 5. The maximum Gasteiger partial charge on any atom is 0.366 e. The fourth-order valence-electron chi connectivity index (χ4n) is 2.73. The number of ether oxygens (including phenoxy) is 1. The molecule has 6 nitrogen and oxygen atoms in total. The molecule has 0 saturated heterocycles. The monoisotopic (exact) mass is 401 g/mol. The van der Waals surface area contributed by atoms with Crippen LogP contribution in [0.15, 0.2) is 54.6 Å². The van der Waals surface area contributed by atoms with Crippen molar-refractivity contribution in [3.8, 4) is 11.5 Å². The van der Waals surface area contributed by atoms with E-state index in [-0.39, 0.29) is 10.8 Å². The lowest BCUT2D eigenvalue weighted by Gasteiger charge is -2.18. The van der Waals surface area contributed by atoms with Crippen LogP contribution in [0, 0.1) is 6.92 Å². The molecule has 0 aliphatic heterocycles. The van der Waals surface area contributed by atoms with Crippen molar-refractivity contribution in [1.82, 2.24) is 4.98 Å². The van der Waals surface area contributed by atoms with Gasteiger partial charge < -0.3 is 4.74 Å². The van der Waals surface area contributed by atoms with Crippen LogP contribution in [0.4, 0.5) is 10.8 Å². The fraction of sp³-hybridized carbons (Fsp3) is 0.158. The molecule has 8 heteroatoms. The third-order valence-corrected chi connectivity index (χ3v) is 6.01. The quantitative estimate of drug-likeness (QED) is 0.592. The average molecular weight is 401 g/mol. The van der Waals surface area contributed by atoms with Gasteiger partial charge in [0.25, 0.3) is 0 Å². The van der Waals surface area contributed by atoms with Crippen molar-refractivity contribution in [3.05, 3.63) is 72.1 Å². The van der Waals surface area contributed by atoms with Crippen LogP contribution in [0.5, 0.6) is 11.5 Å². The second-order valence-electron chi connectivity index (χ2n) is 6.23. The van der Waals surface area contributed by atoms with Crippen molar-refractivity contribution >= 4 is 32.5 Å². The van der Waals surface area contributed by atoms with Gasteiger partial charge in [-0.3, -0.25) is 4.55 Å². The largest absolute Gasteiger partial charge is 0.457 e. The average Bonchev–Trinajstić information content (AvgIpc) is 3.40. The fourth-order valence-corrected chi connectivity index (χ4v) is 4.62. The topological polar surface area (TPSA) is 79.7 Å². The van der Waals surface area contributed by atoms with E-state index in [0.29, 0.717) is 17.4 Å². The summed E-state index contributed by atoms with van der Waals surface area (Å²) in [5, 5.41) is 0.182. The summed E-state index contributed by atoms with van der Waals surface area (Å²) in [6.07, 6.45) is 2.06. The molecule has 3 aromatic rings. The zero-order chi connectivity index (χ0) is 19.0. The third-order valence-electron chi connectivity index (χ3n) is 4.13. The summed E-state index contributed by atoms with van der Waals surface area (Å²) >= 11 is 1.15. The molecule has 1 N–H and O–H groups in total. The molecule has 139 valence electrons. The van der Waals surface area contributed by atoms with Crippen molar-refractivity contribution in [1.29, 1.82) is 0 Å². The number of benzene rings is 2. The molecule has 0 amide bonds. The van der Waals surface area contributed by atoms with E-state index in [9.17, 15) is 13.0 Å². The van der Waals surface area contributed by atoms with Crippen molar-refractivity contribution in [3.63, 3.8) is 0 Å². The van der Waals surface area contributed by atoms with E-state index in [1.54, 1.807) is 24.3 Å². The van der Waals surface area contributed by atoms with Gasteiger partial charge in [0.05, 0.1) is 11.4 Å². The van der Waals surface area contributed by atoms with E-state index >= 15 is 0 Å². The van der Waals surface area contributed by atoms with Crippen LogP contribution >= 0.6 is 11.3 Å². The highest BCUT2D eigenvalue weighted by atomic mass is 32.2. The first-order valence-electron chi connectivity index (χ1n) is 8.35. The van der Waals surface area contributed by atoms with Crippen LogP contribution in [0.25, 0.3) is 0 Å². The minimum absolute atomic E-state index is 0.182. The van der Waals surface area contributed by atoms with E-state index in [2.05, 4.69) is 11.9 Å². The van der Waals surface area contributed by atoms with Crippen molar-refractivity contribution in [2.45, 2.75) is 18.8 Å². The maximum atomic E-state index is 12.0. The van der Waals surface area contributed by atoms with Crippen LogP contribution < -0.4 is 9.04 Å². The van der Waals surface area contributed by atoms with Crippen LogP contribution in [-0.2, 0) is 10.3 Å². The summed E-state index contributed by atoms with van der Waals surface area (Å²) in [7, 11) is -4.54. The van der Waals surface area contributed by atoms with Gasteiger partial charge in [-0.1, -0.05) is 18.2 Å². The first-order valence-corrected chi connectivity index (χ1v) is 10.6. The van der Waals surface area contributed by atoms with Gasteiger partial charge in [-0.2, -0.15) is 12.7 Å². The number of para-hydroxylation sites is 1. The first kappa shape index (κ1) is 18.0. The molecular weight excluding hydrogens is 384 g/mol. The third kappa shape index (κ3) is 3.97. The van der Waals surface area contributed by atoms with E-state index in [4.69, 9.17) is 4.74 Å². The Balaban J connectivity index is 1.64. The highest BCUT2D eigenvalue weighted by Crippen LogP contribution is 2.45. The Morgan fingerprint density at radius 3 is 2.30 bits per heavy atom. The van der Waals surface area contributed by atoms with Crippen LogP contribution in [0.2, 0.25) is 0 Å². The number of anilines is 2. The molecule has 27 heavy (non-hydrogen) atoms. The van der Waals surface area contributed by atoms with Gasteiger partial charge in [0.2, 0.25) is 5.13 Å². The molecule has 0 unspecified atom stereocenters. The normalized spacial score (nSPS) is 14.1. The van der Waals surface area contributed by atoms with E-state index < -0.39 is 10.3 Å². The Morgan fingerprint density at radius 1 is 1.07 bits per heavy atom. The van der Waals surface area contributed by atoms with Crippen molar-refractivity contribution < 1.29 is 17.7 Å². The first-order chi connectivity index (χ1) is 12.9. The van der Waals surface area contributed by atoms with E-state index in [0.717, 1.165) is 39.1 Å². The van der Waals surface area contributed by atoms with Gasteiger partial charge in [-0.15, -0.1) is 11.3 Å². The summed E-state index contributed by atoms with van der Waals surface area (Å²) < 4.78 is 40.3. The predicted molar refractivity (Wildman–Crippen MR) is 105 cm³/mol. The summed E-state index contributed by atoms with van der Waals surface area (Å²) in [6, 6.07) is 15.7. The van der Waals surface area contributed by atoms with Gasteiger partial charge in [-0.05, 0) is 56.2 Å². The Hall–Kier alpha value is -2.42.